The zero-order chi connectivity index (χ0) is 15.0. The van der Waals surface area contributed by atoms with Gasteiger partial charge in [0.2, 0.25) is 0 Å². The third kappa shape index (κ3) is 4.15. The first-order valence-corrected chi connectivity index (χ1v) is 8.01. The van der Waals surface area contributed by atoms with E-state index in [0.29, 0.717) is 5.01 Å². The van der Waals surface area contributed by atoms with Crippen LogP contribution in [0.25, 0.3) is 0 Å². The number of rotatable bonds is 2. The lowest BCUT2D eigenvalue weighted by molar-refractivity contribution is 0.0643. The average molecular weight is 308 g/mol. The molecule has 0 fully saturated rings. The van der Waals surface area contributed by atoms with Gasteiger partial charge in [0, 0.05) is 6.92 Å². The summed E-state index contributed by atoms with van der Waals surface area (Å²) in [5.74, 6) is 0. The highest BCUT2D eigenvalue weighted by atomic mass is 32.3. The summed E-state index contributed by atoms with van der Waals surface area (Å²) in [7, 11) is -6.04. The average Bonchev–Trinajstić information content (AvgIpc) is 2.36. The van der Waals surface area contributed by atoms with E-state index in [1.807, 2.05) is 0 Å². The fourth-order valence-corrected chi connectivity index (χ4v) is 4.39. The summed E-state index contributed by atoms with van der Waals surface area (Å²) in [6.07, 6.45) is -0.791. The highest BCUT2D eigenvalue weighted by Gasteiger charge is 2.32. The first-order chi connectivity index (χ1) is 8.42. The molecule has 1 amide bonds. The van der Waals surface area contributed by atoms with Crippen LogP contribution in [0.4, 0.5) is 4.79 Å². The Bertz CT molecular complexity index is 598. The van der Waals surface area contributed by atoms with E-state index in [0.717, 1.165) is 0 Å². The molecular formula is C10H16N2O5S2. The topological polar surface area (TPSA) is 108 Å². The molecule has 0 aliphatic carbocycles. The second-order valence-electron chi connectivity index (χ2n) is 4.87. The predicted molar refractivity (Wildman–Crippen MR) is 69.7 cm³/mol. The van der Waals surface area contributed by atoms with Crippen LogP contribution in [-0.2, 0) is 14.9 Å². The summed E-state index contributed by atoms with van der Waals surface area (Å²) in [5.41, 5.74) is -0.611. The number of hydrogen-bond donors (Lipinski definition) is 1. The number of carbonyl (C=O) groups excluding carboxylic acids is 1. The zero-order valence-corrected chi connectivity index (χ0v) is 12.9. The van der Waals surface area contributed by atoms with E-state index < -0.39 is 36.7 Å². The number of aryl methyl sites for hydroxylation is 2. The Hall–Kier alpha value is -1.19. The normalized spacial score (nSPS) is 13.3. The monoisotopic (exact) mass is 308 g/mol. The maximum absolute atomic E-state index is 11.6. The van der Waals surface area contributed by atoms with Crippen LogP contribution in [0.3, 0.4) is 0 Å². The van der Waals surface area contributed by atoms with Crippen LogP contribution in [0, 0.1) is 13.8 Å². The Morgan fingerprint density at radius 1 is 1.37 bits per heavy atom. The van der Waals surface area contributed by atoms with Crippen LogP contribution in [0.15, 0.2) is 4.21 Å². The molecule has 0 saturated carbocycles. The van der Waals surface area contributed by atoms with Crippen molar-refractivity contribution in [1.29, 1.82) is 0 Å². The smallest absolute Gasteiger partial charge is 0.453 e. The van der Waals surface area contributed by atoms with Crippen molar-refractivity contribution < 1.29 is 22.5 Å². The van der Waals surface area contributed by atoms with Crippen LogP contribution in [0.5, 0.6) is 0 Å². The van der Waals surface area contributed by atoms with Crippen LogP contribution in [0.2, 0.25) is 0 Å². The van der Waals surface area contributed by atoms with E-state index in [2.05, 4.69) is 9.71 Å². The minimum atomic E-state index is -4.67. The fraction of sp³-hybridized carbons (Fsp3) is 0.600. The van der Waals surface area contributed by atoms with Crippen molar-refractivity contribution in [2.24, 2.45) is 0 Å². The van der Waals surface area contributed by atoms with Gasteiger partial charge < -0.3 is 9.29 Å². The van der Waals surface area contributed by atoms with Gasteiger partial charge in [0.25, 0.3) is 5.01 Å². The maximum Gasteiger partial charge on any atom is 0.453 e. The number of nitrogens with zero attached hydrogens (tertiary/aromatic N) is 1. The van der Waals surface area contributed by atoms with Crippen molar-refractivity contribution in [3.8, 4) is 0 Å². The Morgan fingerprint density at radius 2 is 1.89 bits per heavy atom. The molecule has 19 heavy (non-hydrogen) atoms. The number of aromatic nitrogens is 1. The lowest BCUT2D eigenvalue weighted by Crippen LogP contribution is -2.27. The van der Waals surface area contributed by atoms with Crippen LogP contribution >= 0.6 is 10.7 Å². The van der Waals surface area contributed by atoms with Gasteiger partial charge >= 0.3 is 10.3 Å². The minimum Gasteiger partial charge on any atom is -0.740 e. The standard InChI is InChI=1S/C10H16N2O5S2/c1-6-8(19(14,15)16)18(7(2)11-6)12-9(13)17-10(3,4)5/h1-5H3,(H-,12,13,14,15,16). The highest BCUT2D eigenvalue weighted by Crippen LogP contribution is 2.33. The lowest BCUT2D eigenvalue weighted by atomic mass is 10.2. The zero-order valence-electron chi connectivity index (χ0n) is 11.3. The molecule has 1 aromatic rings. The second-order valence-corrected chi connectivity index (χ2v) is 8.26. The lowest BCUT2D eigenvalue weighted by Gasteiger charge is -2.17. The quantitative estimate of drug-likeness (QED) is 0.659. The van der Waals surface area contributed by atoms with E-state index in [4.69, 9.17) is 4.74 Å². The van der Waals surface area contributed by atoms with E-state index in [-0.39, 0.29) is 5.69 Å². The van der Waals surface area contributed by atoms with Crippen molar-refractivity contribution in [1.82, 2.24) is 4.98 Å². The summed E-state index contributed by atoms with van der Waals surface area (Å²) in [6, 6.07) is 0. The summed E-state index contributed by atoms with van der Waals surface area (Å²) < 4.78 is 40.6. The second kappa shape index (κ2) is 5.06. The van der Waals surface area contributed by atoms with Crippen molar-refractivity contribution >= 4 is 26.9 Å². The molecular weight excluding hydrogens is 292 g/mol. The predicted octanol–water partition coefficient (Wildman–Crippen LogP) is 1.83. The molecule has 0 aliphatic heterocycles. The molecule has 108 valence electrons. The van der Waals surface area contributed by atoms with Gasteiger partial charge in [-0.2, -0.15) is 4.98 Å². The maximum atomic E-state index is 11.6. The number of amides is 1. The van der Waals surface area contributed by atoms with E-state index in [1.165, 1.54) is 6.92 Å². The molecule has 7 nitrogen and oxygen atoms in total. The van der Waals surface area contributed by atoms with Gasteiger partial charge in [-0.3, -0.25) is 0 Å². The molecule has 0 spiro atoms. The Morgan fingerprint density at radius 3 is 2.32 bits per heavy atom. The summed E-state index contributed by atoms with van der Waals surface area (Å²) >= 11 is 0. The van der Waals surface area contributed by atoms with Crippen LogP contribution in [0.1, 0.15) is 31.5 Å². The van der Waals surface area contributed by atoms with Crippen molar-refractivity contribution in [2.45, 2.75) is 44.4 Å². The van der Waals surface area contributed by atoms with Gasteiger partial charge in [0.05, 0.1) is 0 Å². The minimum absolute atomic E-state index is 0.104. The van der Waals surface area contributed by atoms with Gasteiger partial charge in [0.15, 0.2) is 10.1 Å². The Balaban J connectivity index is 3.13. The van der Waals surface area contributed by atoms with Crippen LogP contribution in [-0.4, -0.2) is 29.6 Å². The third-order valence-electron chi connectivity index (χ3n) is 1.91. The van der Waals surface area contributed by atoms with Crippen LogP contribution < -0.4 is 4.72 Å². The molecule has 1 aromatic heterocycles. The molecule has 0 aromatic carbocycles. The Kier molecular flexibility index (Phi) is 4.23. The van der Waals surface area contributed by atoms with Gasteiger partial charge in [-0.15, -0.1) is 4.72 Å². The van der Waals surface area contributed by atoms with Gasteiger partial charge in [-0.25, -0.2) is 13.2 Å². The van der Waals surface area contributed by atoms with E-state index in [1.54, 1.807) is 27.7 Å². The molecule has 1 rings (SSSR count). The molecule has 0 aliphatic rings. The number of carbonyl (C=O) groups is 1. The third-order valence-corrected chi connectivity index (χ3v) is 5.49. The van der Waals surface area contributed by atoms with Gasteiger partial charge in [0.1, 0.15) is 22.0 Å². The SMILES string of the molecule is Cc1nc(C)[s+](NC(=O)OC(C)(C)C)c1S(=O)(=O)[O-]. The van der Waals surface area contributed by atoms with Gasteiger partial charge in [-0.05, 0) is 27.7 Å². The van der Waals surface area contributed by atoms with E-state index in [9.17, 15) is 17.8 Å². The molecule has 1 unspecified atom stereocenters. The number of thiazole rings is 1. The summed E-state index contributed by atoms with van der Waals surface area (Å²) in [4.78, 5) is 15.6. The van der Waals surface area contributed by atoms with Crippen molar-refractivity contribution in [3.63, 3.8) is 0 Å². The number of hydrogen-bond acceptors (Lipinski definition) is 6. The highest BCUT2D eigenvalue weighted by molar-refractivity contribution is 7.89. The molecule has 9 heteroatoms. The summed E-state index contributed by atoms with van der Waals surface area (Å²) in [6.45, 7) is 7.99. The first kappa shape index (κ1) is 15.9. The van der Waals surface area contributed by atoms with Gasteiger partial charge in [-0.1, -0.05) is 0 Å². The molecule has 0 saturated heterocycles. The molecule has 1 atom stereocenters. The fourth-order valence-electron chi connectivity index (χ4n) is 1.39. The largest absolute Gasteiger partial charge is 0.740 e. The molecule has 0 bridgehead atoms. The number of ether oxygens (including phenoxy) is 1. The van der Waals surface area contributed by atoms with Crippen molar-refractivity contribution in [2.75, 3.05) is 4.72 Å². The molecule has 1 heterocycles. The van der Waals surface area contributed by atoms with E-state index >= 15 is 0 Å². The van der Waals surface area contributed by atoms with Crippen molar-refractivity contribution in [3.05, 3.63) is 10.7 Å². The molecule has 1 N–H and O–H groups in total. The first-order valence-electron chi connectivity index (χ1n) is 5.38. The number of nitrogens with one attached hydrogen (secondary N) is 1. The molecule has 0 radical (unpaired) electrons. The Labute approximate surface area is 114 Å². The summed E-state index contributed by atoms with van der Waals surface area (Å²) in [5, 5.41) is 0.359.